The summed E-state index contributed by atoms with van der Waals surface area (Å²) >= 11 is 0. The molecule has 0 aliphatic carbocycles. The van der Waals surface area contributed by atoms with Crippen LogP contribution in [0.1, 0.15) is 12.8 Å². The molecule has 0 fully saturated rings. The Kier molecular flexibility index (Phi) is 8.68. The van der Waals surface area contributed by atoms with Crippen LogP contribution in [0.15, 0.2) is 67.3 Å². The zero-order chi connectivity index (χ0) is 20.9. The molecule has 2 N–H and O–H groups in total. The number of ether oxygens (including phenoxy) is 2. The Hall–Kier alpha value is -3.88. The molecule has 9 heteroatoms. The van der Waals surface area contributed by atoms with Crippen molar-refractivity contribution in [2.75, 3.05) is 6.61 Å². The fourth-order valence-corrected chi connectivity index (χ4v) is 2.17. The van der Waals surface area contributed by atoms with E-state index in [2.05, 4.69) is 10.1 Å². The molecule has 1 aromatic heterocycles. The van der Waals surface area contributed by atoms with Gasteiger partial charge in [-0.15, -0.1) is 0 Å². The van der Waals surface area contributed by atoms with Gasteiger partial charge in [0.1, 0.15) is 29.9 Å². The van der Waals surface area contributed by atoms with Crippen molar-refractivity contribution in [1.29, 1.82) is 0 Å². The monoisotopic (exact) mass is 399 g/mol. The lowest BCUT2D eigenvalue weighted by molar-refractivity contribution is -0.159. The number of hydrogen-bond acceptors (Lipinski definition) is 6. The minimum Gasteiger partial charge on any atom is -0.493 e. The molecule has 0 unspecified atom stereocenters. The molecule has 0 aliphatic heterocycles. The molecule has 152 valence electrons. The number of unbranched alkanes of at least 4 members (excludes halogenated alkanes) is 1. The Morgan fingerprint density at radius 3 is 2.24 bits per heavy atom. The third kappa shape index (κ3) is 8.57. The second kappa shape index (κ2) is 11.8. The number of aliphatic carboxylic acids is 2. The number of carboxylic acid groups (broad SMARTS) is 2. The van der Waals surface area contributed by atoms with Crippen LogP contribution >= 0.6 is 0 Å². The summed E-state index contributed by atoms with van der Waals surface area (Å²) in [5.74, 6) is -1.24. The largest absolute Gasteiger partial charge is 0.493 e. The van der Waals surface area contributed by atoms with Crippen molar-refractivity contribution in [3.8, 4) is 17.2 Å². The first-order chi connectivity index (χ1) is 14.0. The van der Waals surface area contributed by atoms with Crippen molar-refractivity contribution in [3.05, 3.63) is 67.3 Å². The van der Waals surface area contributed by atoms with E-state index in [1.807, 2.05) is 59.3 Å². The fraction of sp³-hybridized carbons (Fsp3) is 0.200. The number of carbonyl (C=O) groups is 2. The van der Waals surface area contributed by atoms with Gasteiger partial charge < -0.3 is 19.7 Å². The van der Waals surface area contributed by atoms with E-state index < -0.39 is 11.9 Å². The molecule has 9 nitrogen and oxygen atoms in total. The summed E-state index contributed by atoms with van der Waals surface area (Å²) in [4.78, 5) is 22.1. The smallest absolute Gasteiger partial charge is 0.414 e. The molecule has 1 heterocycles. The van der Waals surface area contributed by atoms with Crippen LogP contribution in [0, 0.1) is 0 Å². The quantitative estimate of drug-likeness (QED) is 0.437. The average molecular weight is 399 g/mol. The standard InChI is InChI=1S/C18H19N3O2.C2H2O4/c1-2-7-16(8-3-1)23-18-10-6-9-17(13-18)22-12-5-4-11-21-15-19-14-20-21;3-1(4)2(5)6/h1-3,6-10,13-15H,4-5,11-12H2;(H,3,4)(H,5,6). The van der Waals surface area contributed by atoms with E-state index in [0.29, 0.717) is 6.61 Å². The summed E-state index contributed by atoms with van der Waals surface area (Å²) in [5.41, 5.74) is 0. The Balaban J connectivity index is 0.000000438. The molecule has 3 aromatic rings. The van der Waals surface area contributed by atoms with Crippen LogP contribution in [0.3, 0.4) is 0 Å². The predicted octanol–water partition coefficient (Wildman–Crippen LogP) is 3.09. The van der Waals surface area contributed by atoms with Crippen LogP contribution in [0.5, 0.6) is 17.2 Å². The first-order valence-corrected chi connectivity index (χ1v) is 8.79. The van der Waals surface area contributed by atoms with Crippen LogP contribution in [-0.4, -0.2) is 43.5 Å². The third-order valence-electron chi connectivity index (χ3n) is 3.48. The van der Waals surface area contributed by atoms with E-state index >= 15 is 0 Å². The highest BCUT2D eigenvalue weighted by Gasteiger charge is 2.04. The van der Waals surface area contributed by atoms with Crippen molar-refractivity contribution in [2.45, 2.75) is 19.4 Å². The van der Waals surface area contributed by atoms with Crippen molar-refractivity contribution < 1.29 is 29.3 Å². The van der Waals surface area contributed by atoms with Gasteiger partial charge in [-0.2, -0.15) is 5.10 Å². The highest BCUT2D eigenvalue weighted by molar-refractivity contribution is 6.27. The summed E-state index contributed by atoms with van der Waals surface area (Å²) < 4.78 is 13.4. The Bertz CT molecular complexity index is 872. The molecule has 0 spiro atoms. The van der Waals surface area contributed by atoms with Crippen LogP contribution in [-0.2, 0) is 16.1 Å². The van der Waals surface area contributed by atoms with Crippen LogP contribution in [0.2, 0.25) is 0 Å². The lowest BCUT2D eigenvalue weighted by atomic mass is 10.3. The maximum absolute atomic E-state index is 9.10. The van der Waals surface area contributed by atoms with E-state index in [9.17, 15) is 0 Å². The third-order valence-corrected chi connectivity index (χ3v) is 3.48. The average Bonchev–Trinajstić information content (AvgIpc) is 3.23. The molecule has 0 saturated heterocycles. The molecule has 29 heavy (non-hydrogen) atoms. The van der Waals surface area contributed by atoms with E-state index in [0.717, 1.165) is 36.6 Å². The van der Waals surface area contributed by atoms with Crippen molar-refractivity contribution in [2.24, 2.45) is 0 Å². The molecule has 0 bridgehead atoms. The van der Waals surface area contributed by atoms with Gasteiger partial charge in [0.15, 0.2) is 0 Å². The van der Waals surface area contributed by atoms with Crippen molar-refractivity contribution >= 4 is 11.9 Å². The van der Waals surface area contributed by atoms with Gasteiger partial charge in [-0.25, -0.2) is 14.6 Å². The van der Waals surface area contributed by atoms with Gasteiger partial charge in [0.25, 0.3) is 0 Å². The zero-order valence-corrected chi connectivity index (χ0v) is 15.5. The Morgan fingerprint density at radius 2 is 1.59 bits per heavy atom. The molecule has 0 atom stereocenters. The first kappa shape index (κ1) is 21.4. The summed E-state index contributed by atoms with van der Waals surface area (Å²) in [6, 6.07) is 17.4. The second-order valence-electron chi connectivity index (χ2n) is 5.71. The van der Waals surface area contributed by atoms with Crippen molar-refractivity contribution in [1.82, 2.24) is 14.8 Å². The first-order valence-electron chi connectivity index (χ1n) is 8.79. The predicted molar refractivity (Wildman–Crippen MR) is 103 cm³/mol. The van der Waals surface area contributed by atoms with Gasteiger partial charge in [0.05, 0.1) is 6.61 Å². The van der Waals surface area contributed by atoms with Crippen LogP contribution < -0.4 is 9.47 Å². The molecule has 3 rings (SSSR count). The van der Waals surface area contributed by atoms with Gasteiger partial charge in [0.2, 0.25) is 0 Å². The maximum Gasteiger partial charge on any atom is 0.414 e. The minimum atomic E-state index is -1.82. The van der Waals surface area contributed by atoms with Crippen molar-refractivity contribution in [3.63, 3.8) is 0 Å². The van der Waals surface area contributed by atoms with Gasteiger partial charge >= 0.3 is 11.9 Å². The highest BCUT2D eigenvalue weighted by atomic mass is 16.5. The summed E-state index contributed by atoms with van der Waals surface area (Å²) in [6.07, 6.45) is 5.24. The van der Waals surface area contributed by atoms with Crippen LogP contribution in [0.4, 0.5) is 0 Å². The normalized spacial score (nSPS) is 9.79. The topological polar surface area (TPSA) is 124 Å². The lowest BCUT2D eigenvalue weighted by Gasteiger charge is -2.09. The number of aromatic nitrogens is 3. The fourth-order valence-electron chi connectivity index (χ4n) is 2.17. The molecular formula is C20H21N3O6. The van der Waals surface area contributed by atoms with E-state index in [1.54, 1.807) is 12.7 Å². The number of carboxylic acids is 2. The number of para-hydroxylation sites is 1. The Morgan fingerprint density at radius 1 is 0.897 bits per heavy atom. The number of aryl methyl sites for hydroxylation is 1. The molecule has 0 aliphatic rings. The van der Waals surface area contributed by atoms with Gasteiger partial charge in [-0.3, -0.25) is 4.68 Å². The minimum absolute atomic E-state index is 0.670. The molecule has 0 amide bonds. The zero-order valence-electron chi connectivity index (χ0n) is 15.5. The number of hydrogen-bond donors (Lipinski definition) is 2. The van der Waals surface area contributed by atoms with E-state index in [1.165, 1.54) is 0 Å². The van der Waals surface area contributed by atoms with E-state index in [-0.39, 0.29) is 0 Å². The maximum atomic E-state index is 9.10. The number of rotatable bonds is 8. The van der Waals surface area contributed by atoms with Gasteiger partial charge in [-0.1, -0.05) is 24.3 Å². The van der Waals surface area contributed by atoms with Gasteiger partial charge in [0, 0.05) is 12.6 Å². The lowest BCUT2D eigenvalue weighted by Crippen LogP contribution is -2.09. The van der Waals surface area contributed by atoms with Crippen LogP contribution in [0.25, 0.3) is 0 Å². The second-order valence-corrected chi connectivity index (χ2v) is 5.71. The molecule has 0 saturated carbocycles. The van der Waals surface area contributed by atoms with E-state index in [4.69, 9.17) is 29.3 Å². The number of nitrogens with zero attached hydrogens (tertiary/aromatic N) is 3. The SMILES string of the molecule is O=C(O)C(=O)O.c1ccc(Oc2cccc(OCCCCn3cncn3)c2)cc1. The highest BCUT2D eigenvalue weighted by Crippen LogP contribution is 2.25. The Labute approximate surface area is 167 Å². The number of benzene rings is 2. The van der Waals surface area contributed by atoms with Gasteiger partial charge in [-0.05, 0) is 37.1 Å². The molecule has 2 aromatic carbocycles. The summed E-state index contributed by atoms with van der Waals surface area (Å²) in [5, 5.41) is 18.9. The molecular weight excluding hydrogens is 378 g/mol. The summed E-state index contributed by atoms with van der Waals surface area (Å²) in [7, 11) is 0. The summed E-state index contributed by atoms with van der Waals surface area (Å²) in [6.45, 7) is 1.53. The molecule has 0 radical (unpaired) electrons.